The molecular formula is C13H16F3NO3S. The smallest absolute Gasteiger partial charge is 0.388 e. The summed E-state index contributed by atoms with van der Waals surface area (Å²) >= 11 is 0. The lowest BCUT2D eigenvalue weighted by Gasteiger charge is -2.32. The van der Waals surface area contributed by atoms with Crippen molar-refractivity contribution in [3.05, 3.63) is 35.4 Å². The van der Waals surface area contributed by atoms with Crippen LogP contribution in [-0.2, 0) is 16.0 Å². The highest BCUT2D eigenvalue weighted by molar-refractivity contribution is 7.91. The summed E-state index contributed by atoms with van der Waals surface area (Å²) in [6.07, 6.45) is -5.72. The molecule has 1 fully saturated rings. The van der Waals surface area contributed by atoms with E-state index in [-0.39, 0.29) is 30.0 Å². The number of sulfone groups is 1. The Morgan fingerprint density at radius 2 is 2.05 bits per heavy atom. The normalized spacial score (nSPS) is 26.7. The molecule has 3 N–H and O–H groups in total. The first-order valence-corrected chi connectivity index (χ1v) is 8.17. The standard InChI is InChI=1S/C13H16F3NO3S/c14-13(15,16)10-3-1-2-9(6-10)11(18)12(7-17)4-5-21(19,20)8-12/h1-3,6,11,18H,4-5,7-8,17H2. The highest BCUT2D eigenvalue weighted by atomic mass is 32.2. The number of benzene rings is 1. The highest BCUT2D eigenvalue weighted by Crippen LogP contribution is 2.43. The Bertz CT molecular complexity index is 630. The molecular weight excluding hydrogens is 307 g/mol. The van der Waals surface area contributed by atoms with Gasteiger partial charge in [-0.15, -0.1) is 0 Å². The Balaban J connectivity index is 2.37. The Kier molecular flexibility index (Phi) is 4.07. The van der Waals surface area contributed by atoms with Gasteiger partial charge in [0.1, 0.15) is 0 Å². The summed E-state index contributed by atoms with van der Waals surface area (Å²) in [5.74, 6) is -0.422. The van der Waals surface area contributed by atoms with Crippen LogP contribution in [0.2, 0.25) is 0 Å². The number of hydrogen-bond acceptors (Lipinski definition) is 4. The fourth-order valence-electron chi connectivity index (χ4n) is 2.67. The molecule has 2 atom stereocenters. The van der Waals surface area contributed by atoms with E-state index in [1.807, 2.05) is 0 Å². The van der Waals surface area contributed by atoms with Gasteiger partial charge in [0.2, 0.25) is 0 Å². The molecule has 0 spiro atoms. The van der Waals surface area contributed by atoms with Crippen molar-refractivity contribution in [2.75, 3.05) is 18.1 Å². The summed E-state index contributed by atoms with van der Waals surface area (Å²) in [4.78, 5) is 0. The number of aliphatic hydroxyl groups excluding tert-OH is 1. The fraction of sp³-hybridized carbons (Fsp3) is 0.538. The highest BCUT2D eigenvalue weighted by Gasteiger charge is 2.47. The molecule has 0 amide bonds. The minimum atomic E-state index is -4.52. The lowest BCUT2D eigenvalue weighted by atomic mass is 9.78. The summed E-state index contributed by atoms with van der Waals surface area (Å²) in [6, 6.07) is 4.28. The molecule has 1 aliphatic heterocycles. The number of hydrogen-bond donors (Lipinski definition) is 2. The van der Waals surface area contributed by atoms with Gasteiger partial charge in [0.05, 0.1) is 23.2 Å². The van der Waals surface area contributed by atoms with Gasteiger partial charge in [0.15, 0.2) is 9.84 Å². The van der Waals surface area contributed by atoms with Crippen molar-refractivity contribution in [1.29, 1.82) is 0 Å². The minimum Gasteiger partial charge on any atom is -0.388 e. The molecule has 2 unspecified atom stereocenters. The van der Waals surface area contributed by atoms with Gasteiger partial charge in [-0.25, -0.2) is 8.42 Å². The third-order valence-corrected chi connectivity index (χ3v) is 5.78. The van der Waals surface area contributed by atoms with Crippen LogP contribution >= 0.6 is 0 Å². The zero-order valence-corrected chi connectivity index (χ0v) is 11.9. The van der Waals surface area contributed by atoms with Crippen molar-refractivity contribution < 1.29 is 26.7 Å². The van der Waals surface area contributed by atoms with Gasteiger partial charge in [-0.3, -0.25) is 0 Å². The first-order chi connectivity index (χ1) is 9.60. The maximum Gasteiger partial charge on any atom is 0.416 e. The van der Waals surface area contributed by atoms with E-state index in [4.69, 9.17) is 5.73 Å². The molecule has 8 heteroatoms. The first kappa shape index (κ1) is 16.3. The van der Waals surface area contributed by atoms with E-state index in [2.05, 4.69) is 0 Å². The number of halogens is 3. The summed E-state index contributed by atoms with van der Waals surface area (Å²) in [5.41, 5.74) is 3.64. The maximum atomic E-state index is 12.7. The topological polar surface area (TPSA) is 80.4 Å². The van der Waals surface area contributed by atoms with Crippen molar-refractivity contribution in [2.24, 2.45) is 11.1 Å². The van der Waals surface area contributed by atoms with E-state index in [1.54, 1.807) is 0 Å². The number of aliphatic hydroxyl groups is 1. The average Bonchev–Trinajstić information content (AvgIpc) is 2.74. The minimum absolute atomic E-state index is 0.0346. The fourth-order valence-corrected chi connectivity index (χ4v) is 4.83. The lowest BCUT2D eigenvalue weighted by Crippen LogP contribution is -2.38. The molecule has 0 radical (unpaired) electrons. The molecule has 0 aromatic heterocycles. The van der Waals surface area contributed by atoms with Crippen LogP contribution in [0.25, 0.3) is 0 Å². The predicted molar refractivity (Wildman–Crippen MR) is 71.2 cm³/mol. The Labute approximate surface area is 120 Å². The van der Waals surface area contributed by atoms with E-state index >= 15 is 0 Å². The molecule has 118 valence electrons. The largest absolute Gasteiger partial charge is 0.416 e. The molecule has 0 saturated carbocycles. The van der Waals surface area contributed by atoms with Crippen LogP contribution in [0.4, 0.5) is 13.2 Å². The second-order valence-electron chi connectivity index (χ2n) is 5.43. The van der Waals surface area contributed by atoms with Crippen molar-refractivity contribution in [2.45, 2.75) is 18.7 Å². The van der Waals surface area contributed by atoms with Gasteiger partial charge in [0, 0.05) is 12.0 Å². The van der Waals surface area contributed by atoms with Crippen LogP contribution in [0.15, 0.2) is 24.3 Å². The van der Waals surface area contributed by atoms with E-state index in [0.717, 1.165) is 12.1 Å². The summed E-state index contributed by atoms with van der Waals surface area (Å²) < 4.78 is 61.4. The third-order valence-electron chi connectivity index (χ3n) is 3.93. The summed E-state index contributed by atoms with van der Waals surface area (Å²) in [7, 11) is -3.32. The van der Waals surface area contributed by atoms with E-state index in [1.165, 1.54) is 12.1 Å². The average molecular weight is 323 g/mol. The van der Waals surface area contributed by atoms with Crippen LogP contribution in [0.5, 0.6) is 0 Å². The van der Waals surface area contributed by atoms with Crippen LogP contribution in [0.1, 0.15) is 23.7 Å². The summed E-state index contributed by atoms with van der Waals surface area (Å²) in [6.45, 7) is -0.107. The molecule has 1 aromatic carbocycles. The molecule has 1 aromatic rings. The second-order valence-corrected chi connectivity index (χ2v) is 7.62. The summed E-state index contributed by atoms with van der Waals surface area (Å²) in [5, 5.41) is 10.4. The molecule has 4 nitrogen and oxygen atoms in total. The maximum absolute atomic E-state index is 12.7. The predicted octanol–water partition coefficient (Wildman–Crippen LogP) is 1.50. The van der Waals surface area contributed by atoms with Crippen LogP contribution < -0.4 is 5.73 Å². The van der Waals surface area contributed by atoms with Crippen molar-refractivity contribution in [3.8, 4) is 0 Å². The third kappa shape index (κ3) is 3.22. The van der Waals surface area contributed by atoms with E-state index in [9.17, 15) is 26.7 Å². The van der Waals surface area contributed by atoms with Crippen LogP contribution in [0.3, 0.4) is 0 Å². The molecule has 0 bridgehead atoms. The Morgan fingerprint density at radius 1 is 1.38 bits per heavy atom. The van der Waals surface area contributed by atoms with Crippen LogP contribution in [0, 0.1) is 5.41 Å². The Hall–Kier alpha value is -1.12. The zero-order valence-electron chi connectivity index (χ0n) is 11.1. The number of rotatable bonds is 3. The van der Waals surface area contributed by atoms with Crippen molar-refractivity contribution >= 4 is 9.84 Å². The van der Waals surface area contributed by atoms with E-state index < -0.39 is 33.1 Å². The zero-order chi connectivity index (χ0) is 15.9. The van der Waals surface area contributed by atoms with Crippen molar-refractivity contribution in [3.63, 3.8) is 0 Å². The van der Waals surface area contributed by atoms with Gasteiger partial charge in [0.25, 0.3) is 0 Å². The SMILES string of the molecule is NCC1(C(O)c2cccc(C(F)(F)F)c2)CCS(=O)(=O)C1. The number of nitrogens with two attached hydrogens (primary N) is 1. The Morgan fingerprint density at radius 3 is 2.52 bits per heavy atom. The van der Waals surface area contributed by atoms with Crippen LogP contribution in [-0.4, -0.2) is 31.6 Å². The molecule has 1 aliphatic rings. The van der Waals surface area contributed by atoms with Gasteiger partial charge in [-0.2, -0.15) is 13.2 Å². The monoisotopic (exact) mass is 323 g/mol. The molecule has 0 aliphatic carbocycles. The molecule has 1 heterocycles. The van der Waals surface area contributed by atoms with Gasteiger partial charge in [-0.05, 0) is 24.1 Å². The lowest BCUT2D eigenvalue weighted by molar-refractivity contribution is -0.137. The van der Waals surface area contributed by atoms with Gasteiger partial charge in [-0.1, -0.05) is 12.1 Å². The quantitative estimate of drug-likeness (QED) is 0.883. The molecule has 1 saturated heterocycles. The first-order valence-electron chi connectivity index (χ1n) is 6.35. The molecule has 2 rings (SSSR count). The van der Waals surface area contributed by atoms with E-state index in [0.29, 0.717) is 0 Å². The second kappa shape index (κ2) is 5.26. The molecule has 21 heavy (non-hydrogen) atoms. The number of alkyl halides is 3. The van der Waals surface area contributed by atoms with Crippen molar-refractivity contribution in [1.82, 2.24) is 0 Å². The van der Waals surface area contributed by atoms with Gasteiger partial charge < -0.3 is 10.8 Å². The van der Waals surface area contributed by atoms with Gasteiger partial charge >= 0.3 is 6.18 Å².